The third kappa shape index (κ3) is 4.79. The largest absolute Gasteiger partial charge is 0.327 e. The van der Waals surface area contributed by atoms with Gasteiger partial charge in [0.2, 0.25) is 0 Å². The first kappa shape index (κ1) is 16.4. The number of nitrogens with two attached hydrogens (primary N) is 1. The monoisotopic (exact) mass is 289 g/mol. The van der Waals surface area contributed by atoms with Gasteiger partial charge in [0.25, 0.3) is 0 Å². The summed E-state index contributed by atoms with van der Waals surface area (Å²) in [7, 11) is 2.18. The number of hydrogen-bond acceptors (Lipinski definition) is 3. The van der Waals surface area contributed by atoms with Gasteiger partial charge in [-0.3, -0.25) is 4.98 Å². The molecule has 1 heterocycles. The highest BCUT2D eigenvalue weighted by molar-refractivity contribution is 5.03. The predicted molar refractivity (Wildman–Crippen MR) is 88.8 cm³/mol. The van der Waals surface area contributed by atoms with Crippen molar-refractivity contribution in [2.75, 3.05) is 13.6 Å². The van der Waals surface area contributed by atoms with E-state index in [0.717, 1.165) is 24.7 Å². The van der Waals surface area contributed by atoms with Gasteiger partial charge in [0.1, 0.15) is 0 Å². The Kier molecular flexibility index (Phi) is 5.39. The van der Waals surface area contributed by atoms with Crippen molar-refractivity contribution in [3.63, 3.8) is 0 Å². The molecule has 118 valence electrons. The van der Waals surface area contributed by atoms with E-state index in [2.05, 4.69) is 49.8 Å². The highest BCUT2D eigenvalue weighted by atomic mass is 15.1. The molecule has 0 amide bonds. The molecule has 0 radical (unpaired) electrons. The molecule has 3 heteroatoms. The SMILES string of the molecule is CN(Cc1ccccn1)CC1CC(C(C)(C)C)CCC1N. The Balaban J connectivity index is 1.91. The molecule has 0 bridgehead atoms. The van der Waals surface area contributed by atoms with E-state index in [4.69, 9.17) is 5.73 Å². The normalized spacial score (nSPS) is 27.0. The van der Waals surface area contributed by atoms with Crippen molar-refractivity contribution >= 4 is 0 Å². The molecule has 0 spiro atoms. The predicted octanol–water partition coefficient (Wildman–Crippen LogP) is 3.30. The van der Waals surface area contributed by atoms with Crippen LogP contribution in [0.2, 0.25) is 0 Å². The molecule has 1 aromatic heterocycles. The molecular formula is C18H31N3. The second kappa shape index (κ2) is 6.89. The molecule has 1 aliphatic rings. The van der Waals surface area contributed by atoms with Gasteiger partial charge in [-0.2, -0.15) is 0 Å². The van der Waals surface area contributed by atoms with Gasteiger partial charge < -0.3 is 10.6 Å². The van der Waals surface area contributed by atoms with E-state index >= 15 is 0 Å². The molecule has 3 atom stereocenters. The second-order valence-electron chi connectivity index (χ2n) is 7.82. The summed E-state index contributed by atoms with van der Waals surface area (Å²) in [6.07, 6.45) is 5.58. The summed E-state index contributed by atoms with van der Waals surface area (Å²) >= 11 is 0. The molecule has 0 saturated heterocycles. The molecule has 2 N–H and O–H groups in total. The average Bonchev–Trinajstić information content (AvgIpc) is 2.41. The number of pyridine rings is 1. The van der Waals surface area contributed by atoms with Crippen LogP contribution in [-0.2, 0) is 6.54 Å². The lowest BCUT2D eigenvalue weighted by Crippen LogP contribution is -2.44. The molecule has 1 aromatic rings. The fourth-order valence-corrected chi connectivity index (χ4v) is 3.52. The number of aromatic nitrogens is 1. The van der Waals surface area contributed by atoms with E-state index in [1.54, 1.807) is 0 Å². The van der Waals surface area contributed by atoms with Crippen molar-refractivity contribution in [3.8, 4) is 0 Å². The fourth-order valence-electron chi connectivity index (χ4n) is 3.52. The highest BCUT2D eigenvalue weighted by Gasteiger charge is 2.34. The van der Waals surface area contributed by atoms with E-state index in [1.807, 2.05) is 12.3 Å². The Labute approximate surface area is 129 Å². The zero-order valence-corrected chi connectivity index (χ0v) is 14.0. The fraction of sp³-hybridized carbons (Fsp3) is 0.722. The van der Waals surface area contributed by atoms with Crippen molar-refractivity contribution in [2.24, 2.45) is 23.0 Å². The summed E-state index contributed by atoms with van der Waals surface area (Å²) in [5.41, 5.74) is 7.92. The third-order valence-electron chi connectivity index (χ3n) is 4.97. The highest BCUT2D eigenvalue weighted by Crippen LogP contribution is 2.40. The van der Waals surface area contributed by atoms with E-state index < -0.39 is 0 Å². The molecule has 1 saturated carbocycles. The molecular weight excluding hydrogens is 258 g/mol. The van der Waals surface area contributed by atoms with Gasteiger partial charge in [0, 0.05) is 25.3 Å². The van der Waals surface area contributed by atoms with Gasteiger partial charge in [0.15, 0.2) is 0 Å². The third-order valence-corrected chi connectivity index (χ3v) is 4.97. The summed E-state index contributed by atoms with van der Waals surface area (Å²) in [4.78, 5) is 6.79. The maximum Gasteiger partial charge on any atom is 0.0543 e. The molecule has 2 rings (SSSR count). The minimum Gasteiger partial charge on any atom is -0.327 e. The van der Waals surface area contributed by atoms with Crippen LogP contribution in [0.3, 0.4) is 0 Å². The lowest BCUT2D eigenvalue weighted by Gasteiger charge is -2.41. The van der Waals surface area contributed by atoms with Crippen LogP contribution in [0.25, 0.3) is 0 Å². The topological polar surface area (TPSA) is 42.2 Å². The van der Waals surface area contributed by atoms with Gasteiger partial charge in [-0.25, -0.2) is 0 Å². The summed E-state index contributed by atoms with van der Waals surface area (Å²) in [5, 5.41) is 0. The van der Waals surface area contributed by atoms with Crippen molar-refractivity contribution in [1.82, 2.24) is 9.88 Å². The standard InChI is InChI=1S/C18H31N3/c1-18(2,3)15-8-9-17(19)14(11-15)12-21(4)13-16-7-5-6-10-20-16/h5-7,10,14-15,17H,8-9,11-13,19H2,1-4H3. The quantitative estimate of drug-likeness (QED) is 0.924. The number of rotatable bonds is 4. The number of nitrogens with zero attached hydrogens (tertiary/aromatic N) is 2. The van der Waals surface area contributed by atoms with Crippen molar-refractivity contribution < 1.29 is 0 Å². The maximum atomic E-state index is 6.38. The first-order valence-corrected chi connectivity index (χ1v) is 8.20. The van der Waals surface area contributed by atoms with Crippen LogP contribution in [0, 0.1) is 17.3 Å². The zero-order chi connectivity index (χ0) is 15.5. The molecule has 0 aromatic carbocycles. The molecule has 1 fully saturated rings. The van der Waals surface area contributed by atoms with E-state index in [9.17, 15) is 0 Å². The molecule has 1 aliphatic carbocycles. The zero-order valence-electron chi connectivity index (χ0n) is 14.0. The summed E-state index contributed by atoms with van der Waals surface area (Å²) in [5.74, 6) is 1.40. The van der Waals surface area contributed by atoms with E-state index in [0.29, 0.717) is 17.4 Å². The van der Waals surface area contributed by atoms with Gasteiger partial charge in [0.05, 0.1) is 5.69 Å². The Morgan fingerprint density at radius 1 is 1.29 bits per heavy atom. The van der Waals surface area contributed by atoms with E-state index in [1.165, 1.54) is 19.3 Å². The van der Waals surface area contributed by atoms with Crippen molar-refractivity contribution in [1.29, 1.82) is 0 Å². The minimum absolute atomic E-state index is 0.356. The van der Waals surface area contributed by atoms with Crippen LogP contribution in [0.1, 0.15) is 45.7 Å². The Morgan fingerprint density at radius 3 is 2.67 bits per heavy atom. The Hall–Kier alpha value is -0.930. The average molecular weight is 289 g/mol. The van der Waals surface area contributed by atoms with Crippen LogP contribution >= 0.6 is 0 Å². The van der Waals surface area contributed by atoms with Crippen LogP contribution < -0.4 is 5.73 Å². The van der Waals surface area contributed by atoms with Crippen molar-refractivity contribution in [2.45, 2.75) is 52.6 Å². The molecule has 3 unspecified atom stereocenters. The minimum atomic E-state index is 0.356. The van der Waals surface area contributed by atoms with Gasteiger partial charge in [-0.1, -0.05) is 26.8 Å². The molecule has 21 heavy (non-hydrogen) atoms. The van der Waals surface area contributed by atoms with Gasteiger partial charge in [-0.15, -0.1) is 0 Å². The van der Waals surface area contributed by atoms with E-state index in [-0.39, 0.29) is 0 Å². The summed E-state index contributed by atoms with van der Waals surface area (Å²) < 4.78 is 0. The van der Waals surface area contributed by atoms with Crippen LogP contribution in [-0.4, -0.2) is 29.5 Å². The lowest BCUT2D eigenvalue weighted by molar-refractivity contribution is 0.104. The summed E-state index contributed by atoms with van der Waals surface area (Å²) in [6.45, 7) is 9.07. The Bertz CT molecular complexity index is 424. The first-order valence-electron chi connectivity index (χ1n) is 8.20. The van der Waals surface area contributed by atoms with Crippen molar-refractivity contribution in [3.05, 3.63) is 30.1 Å². The smallest absolute Gasteiger partial charge is 0.0543 e. The number of hydrogen-bond donors (Lipinski definition) is 1. The van der Waals surface area contributed by atoms with Crippen LogP contribution in [0.15, 0.2) is 24.4 Å². The van der Waals surface area contributed by atoms with Crippen LogP contribution in [0.4, 0.5) is 0 Å². The second-order valence-corrected chi connectivity index (χ2v) is 7.82. The van der Waals surface area contributed by atoms with Gasteiger partial charge >= 0.3 is 0 Å². The lowest BCUT2D eigenvalue weighted by atomic mass is 9.67. The first-order chi connectivity index (χ1) is 9.86. The Morgan fingerprint density at radius 2 is 2.05 bits per heavy atom. The maximum absolute atomic E-state index is 6.38. The van der Waals surface area contributed by atoms with Gasteiger partial charge in [-0.05, 0) is 55.7 Å². The molecule has 0 aliphatic heterocycles. The summed E-state index contributed by atoms with van der Waals surface area (Å²) in [6, 6.07) is 6.47. The molecule has 3 nitrogen and oxygen atoms in total. The van der Waals surface area contributed by atoms with Crippen LogP contribution in [0.5, 0.6) is 0 Å².